The molecule has 7 heteroatoms. The van der Waals surface area contributed by atoms with Crippen LogP contribution in [0, 0.1) is 6.92 Å². The van der Waals surface area contributed by atoms with Crippen LogP contribution < -0.4 is 11.1 Å². The van der Waals surface area contributed by atoms with E-state index in [9.17, 15) is 22.8 Å². The summed E-state index contributed by atoms with van der Waals surface area (Å²) >= 11 is 0. The van der Waals surface area contributed by atoms with Crippen LogP contribution in [0.25, 0.3) is 0 Å². The smallest absolute Gasteiger partial charge is 0.326 e. The third-order valence-corrected chi connectivity index (χ3v) is 3.79. The number of hydrogen-bond acceptors (Lipinski definition) is 3. The fraction of sp³-hybridized carbons (Fsp3) is 0.263. The van der Waals surface area contributed by atoms with Gasteiger partial charge < -0.3 is 11.1 Å². The topological polar surface area (TPSA) is 72.2 Å². The zero-order valence-electron chi connectivity index (χ0n) is 14.2. The Bertz CT molecular complexity index is 799. The highest BCUT2D eigenvalue weighted by Crippen LogP contribution is 2.32. The fourth-order valence-electron chi connectivity index (χ4n) is 2.38. The second-order valence-electron chi connectivity index (χ2n) is 5.96. The number of carbonyl (C=O) groups excluding carboxylic acids is 2. The minimum Gasteiger partial charge on any atom is -0.326 e. The number of carbonyl (C=O) groups is 2. The Balaban J connectivity index is 2.01. The molecule has 26 heavy (non-hydrogen) atoms. The second-order valence-corrected chi connectivity index (χ2v) is 5.96. The molecule has 3 N–H and O–H groups in total. The Morgan fingerprint density at radius 2 is 1.69 bits per heavy atom. The molecule has 2 aromatic rings. The van der Waals surface area contributed by atoms with Gasteiger partial charge in [-0.05, 0) is 30.7 Å². The van der Waals surface area contributed by atoms with Crippen LogP contribution in [0.15, 0.2) is 42.5 Å². The first-order valence-electron chi connectivity index (χ1n) is 8.00. The molecule has 0 bridgehead atoms. The fourth-order valence-corrected chi connectivity index (χ4v) is 2.38. The largest absolute Gasteiger partial charge is 0.416 e. The summed E-state index contributed by atoms with van der Waals surface area (Å²) in [4.78, 5) is 24.0. The van der Waals surface area contributed by atoms with E-state index >= 15 is 0 Å². The van der Waals surface area contributed by atoms with Gasteiger partial charge in [0.15, 0.2) is 5.78 Å². The lowest BCUT2D eigenvalue weighted by molar-refractivity contribution is -0.137. The van der Waals surface area contributed by atoms with Gasteiger partial charge in [0.1, 0.15) is 0 Å². The van der Waals surface area contributed by atoms with E-state index in [0.29, 0.717) is 5.56 Å². The van der Waals surface area contributed by atoms with E-state index in [1.807, 2.05) is 6.92 Å². The van der Waals surface area contributed by atoms with Crippen molar-refractivity contribution in [2.24, 2.45) is 5.73 Å². The van der Waals surface area contributed by atoms with E-state index in [4.69, 9.17) is 5.73 Å². The number of rotatable bonds is 6. The van der Waals surface area contributed by atoms with Gasteiger partial charge in [0.2, 0.25) is 5.91 Å². The molecule has 0 aromatic heterocycles. The number of benzene rings is 2. The number of aryl methyl sites for hydroxylation is 1. The number of nitrogens with two attached hydrogens (primary N) is 1. The highest BCUT2D eigenvalue weighted by molar-refractivity contribution is 6.00. The normalized spacial score (nSPS) is 11.3. The zero-order chi connectivity index (χ0) is 19.3. The van der Waals surface area contributed by atoms with Crippen molar-refractivity contribution < 1.29 is 22.8 Å². The zero-order valence-corrected chi connectivity index (χ0v) is 14.2. The molecule has 2 aromatic carbocycles. The number of hydrogen-bond donors (Lipinski definition) is 2. The number of Topliss-reactive ketones (excluding diaryl/α,β-unsaturated/α-hetero) is 1. The maximum Gasteiger partial charge on any atom is 0.416 e. The molecule has 0 saturated carbocycles. The van der Waals surface area contributed by atoms with Crippen molar-refractivity contribution in [2.45, 2.75) is 32.5 Å². The van der Waals surface area contributed by atoms with Crippen LogP contribution in [0.5, 0.6) is 0 Å². The van der Waals surface area contributed by atoms with E-state index in [-0.39, 0.29) is 36.4 Å². The quantitative estimate of drug-likeness (QED) is 0.759. The summed E-state index contributed by atoms with van der Waals surface area (Å²) in [5.74, 6) is -0.736. The van der Waals surface area contributed by atoms with Gasteiger partial charge in [-0.2, -0.15) is 13.2 Å². The molecule has 0 spiro atoms. The van der Waals surface area contributed by atoms with Crippen molar-refractivity contribution in [2.75, 3.05) is 5.32 Å². The third-order valence-electron chi connectivity index (χ3n) is 3.79. The molecule has 0 radical (unpaired) electrons. The van der Waals surface area contributed by atoms with E-state index in [0.717, 1.165) is 17.7 Å². The molecule has 138 valence electrons. The predicted molar refractivity (Wildman–Crippen MR) is 92.7 cm³/mol. The van der Waals surface area contributed by atoms with Gasteiger partial charge in [-0.3, -0.25) is 9.59 Å². The van der Waals surface area contributed by atoms with Gasteiger partial charge in [-0.1, -0.05) is 29.8 Å². The number of amides is 1. The average Bonchev–Trinajstić information content (AvgIpc) is 2.59. The molecular formula is C19H19F3N2O2. The lowest BCUT2D eigenvalue weighted by Gasteiger charge is -2.12. The molecule has 4 nitrogen and oxygen atoms in total. The lowest BCUT2D eigenvalue weighted by Crippen LogP contribution is -2.15. The summed E-state index contributed by atoms with van der Waals surface area (Å²) in [7, 11) is 0. The molecule has 0 atom stereocenters. The van der Waals surface area contributed by atoms with Crippen LogP contribution in [0.1, 0.15) is 39.9 Å². The molecule has 0 aliphatic heterocycles. The molecule has 0 fully saturated rings. The third kappa shape index (κ3) is 5.42. The van der Waals surface area contributed by atoms with E-state index in [2.05, 4.69) is 5.32 Å². The van der Waals surface area contributed by atoms with E-state index < -0.39 is 17.6 Å². The van der Waals surface area contributed by atoms with Gasteiger partial charge in [0, 0.05) is 30.6 Å². The summed E-state index contributed by atoms with van der Waals surface area (Å²) in [6.07, 6.45) is -4.69. The van der Waals surface area contributed by atoms with Gasteiger partial charge in [-0.25, -0.2) is 0 Å². The van der Waals surface area contributed by atoms with Crippen molar-refractivity contribution in [1.29, 1.82) is 0 Å². The molecular weight excluding hydrogens is 345 g/mol. The van der Waals surface area contributed by atoms with Crippen LogP contribution in [0.4, 0.5) is 18.9 Å². The maximum absolute atomic E-state index is 12.9. The Morgan fingerprint density at radius 1 is 1.04 bits per heavy atom. The van der Waals surface area contributed by atoms with E-state index in [1.165, 1.54) is 6.07 Å². The Hall–Kier alpha value is -2.67. The standard InChI is InChI=1S/C19H19F3N2O2/c1-12-2-4-14(5-3-12)17(25)6-7-18(26)24-16-9-13(11-23)8-15(10-16)19(20,21)22/h2-5,8-10H,6-7,11,23H2,1H3,(H,24,26). The number of anilines is 1. The first kappa shape index (κ1) is 19.7. The first-order chi connectivity index (χ1) is 12.2. The SMILES string of the molecule is Cc1ccc(C(=O)CCC(=O)Nc2cc(CN)cc(C(F)(F)F)c2)cc1. The van der Waals surface area contributed by atoms with Gasteiger partial charge >= 0.3 is 6.18 Å². The van der Waals surface area contributed by atoms with Gasteiger partial charge in [0.25, 0.3) is 0 Å². The molecule has 0 saturated heterocycles. The van der Waals surface area contributed by atoms with Crippen molar-refractivity contribution in [3.8, 4) is 0 Å². The van der Waals surface area contributed by atoms with Crippen molar-refractivity contribution in [1.82, 2.24) is 0 Å². The Kier molecular flexibility index (Phi) is 6.15. The number of alkyl halides is 3. The molecule has 0 heterocycles. The summed E-state index contributed by atoms with van der Waals surface area (Å²) in [6, 6.07) is 10.1. The van der Waals surface area contributed by atoms with Crippen LogP contribution in [0.3, 0.4) is 0 Å². The van der Waals surface area contributed by atoms with Crippen molar-refractivity contribution in [3.63, 3.8) is 0 Å². The monoisotopic (exact) mass is 364 g/mol. The highest BCUT2D eigenvalue weighted by Gasteiger charge is 2.31. The molecule has 2 rings (SSSR count). The summed E-state index contributed by atoms with van der Waals surface area (Å²) in [5, 5.41) is 2.40. The molecule has 0 unspecified atom stereocenters. The van der Waals surface area contributed by atoms with Crippen molar-refractivity contribution >= 4 is 17.4 Å². The Morgan fingerprint density at radius 3 is 2.27 bits per heavy atom. The summed E-state index contributed by atoms with van der Waals surface area (Å²) < 4.78 is 38.7. The van der Waals surface area contributed by atoms with Gasteiger partial charge in [0.05, 0.1) is 5.56 Å². The minimum atomic E-state index is -4.54. The number of halogens is 3. The average molecular weight is 364 g/mol. The van der Waals surface area contributed by atoms with Gasteiger partial charge in [-0.15, -0.1) is 0 Å². The minimum absolute atomic E-state index is 0.00746. The van der Waals surface area contributed by atoms with Crippen LogP contribution in [-0.2, 0) is 17.5 Å². The summed E-state index contributed by atoms with van der Waals surface area (Å²) in [5.41, 5.74) is 6.30. The predicted octanol–water partition coefficient (Wildman–Crippen LogP) is 4.07. The maximum atomic E-state index is 12.9. The lowest BCUT2D eigenvalue weighted by atomic mass is 10.0. The Labute approximate surface area is 149 Å². The number of ketones is 1. The second kappa shape index (κ2) is 8.14. The molecule has 1 amide bonds. The van der Waals surface area contributed by atoms with E-state index in [1.54, 1.807) is 24.3 Å². The van der Waals surface area contributed by atoms with Crippen LogP contribution in [0.2, 0.25) is 0 Å². The summed E-state index contributed by atoms with van der Waals surface area (Å²) in [6.45, 7) is 1.81. The van der Waals surface area contributed by atoms with Crippen LogP contribution >= 0.6 is 0 Å². The molecule has 0 aliphatic rings. The van der Waals surface area contributed by atoms with Crippen molar-refractivity contribution in [3.05, 3.63) is 64.7 Å². The highest BCUT2D eigenvalue weighted by atomic mass is 19.4. The molecule has 0 aliphatic carbocycles. The first-order valence-corrected chi connectivity index (χ1v) is 8.00. The van der Waals surface area contributed by atoms with Crippen LogP contribution in [-0.4, -0.2) is 11.7 Å². The number of nitrogens with one attached hydrogen (secondary N) is 1.